The molecule has 2 atom stereocenters. The van der Waals surface area contributed by atoms with Gasteiger partial charge in [-0.25, -0.2) is 0 Å². The first-order valence-corrected chi connectivity index (χ1v) is 7.96. The molecule has 0 bridgehead atoms. The number of carbonyl (C=O) groups is 2. The lowest BCUT2D eigenvalue weighted by atomic mass is 10.2. The summed E-state index contributed by atoms with van der Waals surface area (Å²) in [5, 5.41) is 8.82. The third kappa shape index (κ3) is 5.05. The minimum Gasteiger partial charge on any atom is -0.355 e. The van der Waals surface area contributed by atoms with Crippen molar-refractivity contribution in [2.75, 3.05) is 18.9 Å². The monoisotopic (exact) mass is 363 g/mol. The first-order chi connectivity index (χ1) is 9.99. The molecule has 0 aromatic heterocycles. The van der Waals surface area contributed by atoms with Gasteiger partial charge in [0.05, 0.1) is 10.9 Å². The Morgan fingerprint density at radius 3 is 2.91 bits per heavy atom. The lowest BCUT2D eigenvalue weighted by Gasteiger charge is -2.24. The molecule has 3 N–H and O–H groups in total. The molecule has 0 radical (unpaired) electrons. The lowest BCUT2D eigenvalue weighted by molar-refractivity contribution is -0.124. The summed E-state index contributed by atoms with van der Waals surface area (Å²) in [6, 6.07) is 5.55. The van der Waals surface area contributed by atoms with Crippen molar-refractivity contribution in [3.63, 3.8) is 0 Å². The van der Waals surface area contributed by atoms with E-state index < -0.39 is 5.25 Å². The first-order valence-electron chi connectivity index (χ1n) is 6.70. The molecule has 8 heteroatoms. The smallest absolute Gasteiger partial charge is 0.238 e. The molecule has 0 saturated heterocycles. The van der Waals surface area contributed by atoms with Crippen molar-refractivity contribution < 1.29 is 9.59 Å². The van der Waals surface area contributed by atoms with Crippen LogP contribution in [0.5, 0.6) is 0 Å². The van der Waals surface area contributed by atoms with Gasteiger partial charge in [0.15, 0.2) is 0 Å². The highest BCUT2D eigenvalue weighted by molar-refractivity contribution is 8.01. The molecular formula is C14H19Cl2N3O2S. The molecule has 1 aliphatic heterocycles. The number of halogens is 2. The van der Waals surface area contributed by atoms with Gasteiger partial charge < -0.3 is 16.0 Å². The highest BCUT2D eigenvalue weighted by atomic mass is 35.5. The van der Waals surface area contributed by atoms with Crippen LogP contribution in [0.4, 0.5) is 5.69 Å². The highest BCUT2D eigenvalue weighted by Crippen LogP contribution is 2.38. The van der Waals surface area contributed by atoms with E-state index in [0.29, 0.717) is 17.3 Å². The van der Waals surface area contributed by atoms with Crippen LogP contribution in [-0.4, -0.2) is 36.7 Å². The van der Waals surface area contributed by atoms with Gasteiger partial charge in [0, 0.05) is 28.9 Å². The van der Waals surface area contributed by atoms with E-state index in [9.17, 15) is 9.59 Å². The number of hydrogen-bond donors (Lipinski definition) is 3. The Morgan fingerprint density at radius 1 is 1.50 bits per heavy atom. The van der Waals surface area contributed by atoms with Gasteiger partial charge in [0.25, 0.3) is 0 Å². The standard InChI is InChI=1S/C14H18ClN3O2S.ClH/c1-8(16-2)7-17-13(19)6-12-14(20)18-10-5-9(15)3-4-11(10)21-12;/h3-5,8,12,16H,6-7H2,1-2H3,(H,17,19)(H,18,20);1H. The van der Waals surface area contributed by atoms with E-state index in [2.05, 4.69) is 16.0 Å². The van der Waals surface area contributed by atoms with Gasteiger partial charge in [-0.1, -0.05) is 11.6 Å². The van der Waals surface area contributed by atoms with Crippen LogP contribution in [0, 0.1) is 0 Å². The van der Waals surface area contributed by atoms with Gasteiger partial charge in [-0.05, 0) is 32.2 Å². The number of anilines is 1. The van der Waals surface area contributed by atoms with E-state index in [1.165, 1.54) is 11.8 Å². The quantitative estimate of drug-likeness (QED) is 0.750. The van der Waals surface area contributed by atoms with Crippen molar-refractivity contribution >= 4 is 53.3 Å². The number of hydrogen-bond acceptors (Lipinski definition) is 4. The van der Waals surface area contributed by atoms with Gasteiger partial charge in [-0.15, -0.1) is 24.2 Å². The summed E-state index contributed by atoms with van der Waals surface area (Å²) < 4.78 is 0. The van der Waals surface area contributed by atoms with Gasteiger partial charge in [-0.2, -0.15) is 0 Å². The van der Waals surface area contributed by atoms with Crippen LogP contribution in [0.2, 0.25) is 5.02 Å². The second kappa shape index (κ2) is 8.62. The topological polar surface area (TPSA) is 70.2 Å². The second-order valence-corrected chi connectivity index (χ2v) is 6.62. The Labute approximate surface area is 145 Å². The van der Waals surface area contributed by atoms with E-state index in [-0.39, 0.29) is 36.7 Å². The number of fused-ring (bicyclic) bond motifs is 1. The first kappa shape index (κ1) is 19.1. The fourth-order valence-electron chi connectivity index (χ4n) is 1.87. The van der Waals surface area contributed by atoms with Crippen molar-refractivity contribution in [1.82, 2.24) is 10.6 Å². The van der Waals surface area contributed by atoms with E-state index >= 15 is 0 Å². The maximum absolute atomic E-state index is 12.0. The molecule has 22 heavy (non-hydrogen) atoms. The normalized spacial score (nSPS) is 17.8. The third-order valence-electron chi connectivity index (χ3n) is 3.23. The predicted octanol–water partition coefficient (Wildman–Crippen LogP) is 2.29. The molecule has 2 rings (SSSR count). The Morgan fingerprint density at radius 2 is 2.23 bits per heavy atom. The average molecular weight is 364 g/mol. The predicted molar refractivity (Wildman–Crippen MR) is 93.1 cm³/mol. The molecule has 5 nitrogen and oxygen atoms in total. The summed E-state index contributed by atoms with van der Waals surface area (Å²) in [6.45, 7) is 2.52. The van der Waals surface area contributed by atoms with E-state index in [1.807, 2.05) is 20.0 Å². The van der Waals surface area contributed by atoms with Gasteiger partial charge in [0.1, 0.15) is 0 Å². The second-order valence-electron chi connectivity index (χ2n) is 4.93. The molecule has 1 aliphatic rings. The molecule has 1 aromatic carbocycles. The summed E-state index contributed by atoms with van der Waals surface area (Å²) >= 11 is 7.29. The van der Waals surface area contributed by atoms with Crippen molar-refractivity contribution in [3.8, 4) is 0 Å². The van der Waals surface area contributed by atoms with Crippen molar-refractivity contribution in [2.45, 2.75) is 29.5 Å². The number of thioether (sulfide) groups is 1. The zero-order chi connectivity index (χ0) is 15.4. The summed E-state index contributed by atoms with van der Waals surface area (Å²) in [6.07, 6.45) is 0.162. The van der Waals surface area contributed by atoms with Crippen molar-refractivity contribution in [2.24, 2.45) is 0 Å². The lowest BCUT2D eigenvalue weighted by Crippen LogP contribution is -2.40. The Kier molecular flexibility index (Phi) is 7.48. The zero-order valence-electron chi connectivity index (χ0n) is 12.3. The molecule has 2 unspecified atom stereocenters. The SMILES string of the molecule is CNC(C)CNC(=O)CC1Sc2ccc(Cl)cc2NC1=O.Cl. The number of amides is 2. The maximum atomic E-state index is 12.0. The fourth-order valence-corrected chi connectivity index (χ4v) is 3.13. The van der Waals surface area contributed by atoms with Crippen LogP contribution in [0.3, 0.4) is 0 Å². The van der Waals surface area contributed by atoms with E-state index in [0.717, 1.165) is 4.90 Å². The molecule has 1 aromatic rings. The summed E-state index contributed by atoms with van der Waals surface area (Å²) in [5.41, 5.74) is 0.706. The van der Waals surface area contributed by atoms with E-state index in [4.69, 9.17) is 11.6 Å². The van der Waals surface area contributed by atoms with Crippen LogP contribution in [0.1, 0.15) is 13.3 Å². The maximum Gasteiger partial charge on any atom is 0.238 e. The van der Waals surface area contributed by atoms with Crippen LogP contribution in [-0.2, 0) is 9.59 Å². The molecule has 0 aliphatic carbocycles. The minimum absolute atomic E-state index is 0. The average Bonchev–Trinajstić information content (AvgIpc) is 2.45. The van der Waals surface area contributed by atoms with Crippen molar-refractivity contribution in [1.29, 1.82) is 0 Å². The Balaban J connectivity index is 0.00000242. The molecule has 0 spiro atoms. The number of likely N-dealkylation sites (N-methyl/N-ethyl adjacent to an activating group) is 1. The summed E-state index contributed by atoms with van der Waals surface area (Å²) in [7, 11) is 1.84. The molecule has 122 valence electrons. The molecule has 0 saturated carbocycles. The van der Waals surface area contributed by atoms with Gasteiger partial charge in [-0.3, -0.25) is 9.59 Å². The summed E-state index contributed by atoms with van der Waals surface area (Å²) in [5.74, 6) is -0.284. The number of nitrogens with one attached hydrogen (secondary N) is 3. The molecular weight excluding hydrogens is 345 g/mol. The Hall–Kier alpha value is -0.950. The van der Waals surface area contributed by atoms with E-state index in [1.54, 1.807) is 12.1 Å². The largest absolute Gasteiger partial charge is 0.355 e. The Bertz CT molecular complexity index is 557. The number of carbonyl (C=O) groups excluding carboxylic acids is 2. The van der Waals surface area contributed by atoms with Crippen LogP contribution in [0.25, 0.3) is 0 Å². The fraction of sp³-hybridized carbons (Fsp3) is 0.429. The third-order valence-corrected chi connectivity index (χ3v) is 4.74. The van der Waals surface area contributed by atoms with Gasteiger partial charge in [0.2, 0.25) is 11.8 Å². The highest BCUT2D eigenvalue weighted by Gasteiger charge is 2.29. The van der Waals surface area contributed by atoms with Crippen LogP contribution in [0.15, 0.2) is 23.1 Å². The number of benzene rings is 1. The molecule has 0 fully saturated rings. The number of rotatable bonds is 5. The molecule has 1 heterocycles. The zero-order valence-corrected chi connectivity index (χ0v) is 14.7. The summed E-state index contributed by atoms with van der Waals surface area (Å²) in [4.78, 5) is 24.9. The molecule has 2 amide bonds. The van der Waals surface area contributed by atoms with Crippen LogP contribution < -0.4 is 16.0 Å². The van der Waals surface area contributed by atoms with Crippen LogP contribution >= 0.6 is 35.8 Å². The van der Waals surface area contributed by atoms with Gasteiger partial charge >= 0.3 is 0 Å². The van der Waals surface area contributed by atoms with Crippen molar-refractivity contribution in [3.05, 3.63) is 23.2 Å². The minimum atomic E-state index is -0.413.